The summed E-state index contributed by atoms with van der Waals surface area (Å²) >= 11 is 1.29. The van der Waals surface area contributed by atoms with Gasteiger partial charge in [-0.1, -0.05) is 32.3 Å². The summed E-state index contributed by atoms with van der Waals surface area (Å²) in [5, 5.41) is 14.6. The number of methoxy groups -OCH3 is 1. The molecule has 0 bridgehead atoms. The molecule has 0 aliphatic heterocycles. The minimum absolute atomic E-state index is 0.0388. The van der Waals surface area contributed by atoms with Crippen molar-refractivity contribution in [3.05, 3.63) is 59.0 Å². The highest BCUT2D eigenvalue weighted by atomic mass is 32.1. The molecule has 2 aromatic carbocycles. The van der Waals surface area contributed by atoms with Crippen LogP contribution in [0.1, 0.15) is 45.1 Å². The summed E-state index contributed by atoms with van der Waals surface area (Å²) in [5.74, 6) is 1.45. The SMILES string of the molecule is CCCCCCOc1ccc(/C=C(\C#N)C(=O)Nc2nc(-c3ccc(OCC)cc3)cs2)cc1OC. The van der Waals surface area contributed by atoms with E-state index in [9.17, 15) is 10.1 Å². The highest BCUT2D eigenvalue weighted by Gasteiger charge is 2.14. The molecule has 1 heterocycles. The molecule has 7 nitrogen and oxygen atoms in total. The highest BCUT2D eigenvalue weighted by Crippen LogP contribution is 2.30. The normalized spacial score (nSPS) is 11.0. The van der Waals surface area contributed by atoms with Crippen LogP contribution in [0.2, 0.25) is 0 Å². The highest BCUT2D eigenvalue weighted by molar-refractivity contribution is 7.14. The number of nitriles is 1. The third kappa shape index (κ3) is 7.59. The molecule has 0 saturated heterocycles. The first-order valence-corrected chi connectivity index (χ1v) is 12.9. The van der Waals surface area contributed by atoms with Crippen LogP contribution in [0.25, 0.3) is 17.3 Å². The summed E-state index contributed by atoms with van der Waals surface area (Å²) in [6.07, 6.45) is 5.98. The zero-order chi connectivity index (χ0) is 25.8. The average Bonchev–Trinajstić information content (AvgIpc) is 3.36. The van der Waals surface area contributed by atoms with Crippen molar-refractivity contribution in [3.8, 4) is 34.6 Å². The lowest BCUT2D eigenvalue weighted by molar-refractivity contribution is -0.112. The van der Waals surface area contributed by atoms with Crippen LogP contribution < -0.4 is 19.5 Å². The van der Waals surface area contributed by atoms with Crippen LogP contribution in [0.4, 0.5) is 5.13 Å². The van der Waals surface area contributed by atoms with E-state index in [4.69, 9.17) is 14.2 Å². The Bertz CT molecular complexity index is 1210. The summed E-state index contributed by atoms with van der Waals surface area (Å²) in [5.41, 5.74) is 2.26. The van der Waals surface area contributed by atoms with Crippen LogP contribution in [0.5, 0.6) is 17.2 Å². The third-order valence-electron chi connectivity index (χ3n) is 5.30. The number of hydrogen-bond acceptors (Lipinski definition) is 7. The van der Waals surface area contributed by atoms with Gasteiger partial charge in [-0.05, 0) is 61.4 Å². The summed E-state index contributed by atoms with van der Waals surface area (Å²) in [6, 6.07) is 14.9. The summed E-state index contributed by atoms with van der Waals surface area (Å²) in [6.45, 7) is 5.32. The Morgan fingerprint density at radius 1 is 1.08 bits per heavy atom. The summed E-state index contributed by atoms with van der Waals surface area (Å²) in [4.78, 5) is 17.2. The topological polar surface area (TPSA) is 93.5 Å². The first-order valence-electron chi connectivity index (χ1n) is 12.0. The van der Waals surface area contributed by atoms with Gasteiger partial charge in [0, 0.05) is 10.9 Å². The molecule has 3 aromatic rings. The number of unbranched alkanes of at least 4 members (excludes halogenated alkanes) is 3. The van der Waals surface area contributed by atoms with E-state index in [-0.39, 0.29) is 5.57 Å². The molecule has 0 spiro atoms. The van der Waals surface area contributed by atoms with Gasteiger partial charge in [0.25, 0.3) is 5.91 Å². The fourth-order valence-electron chi connectivity index (χ4n) is 3.44. The zero-order valence-corrected chi connectivity index (χ0v) is 21.7. The number of thiazole rings is 1. The predicted molar refractivity (Wildman–Crippen MR) is 144 cm³/mol. The van der Waals surface area contributed by atoms with Gasteiger partial charge in [0.05, 0.1) is 26.0 Å². The Kier molecular flexibility index (Phi) is 10.3. The second-order valence-corrected chi connectivity index (χ2v) is 8.80. The number of benzene rings is 2. The Morgan fingerprint density at radius 3 is 2.58 bits per heavy atom. The van der Waals surface area contributed by atoms with Crippen molar-refractivity contribution in [1.82, 2.24) is 4.98 Å². The molecule has 3 rings (SSSR count). The number of carbonyl (C=O) groups excluding carboxylic acids is 1. The van der Waals surface area contributed by atoms with E-state index in [0.29, 0.717) is 35.4 Å². The van der Waals surface area contributed by atoms with Crippen LogP contribution in [-0.2, 0) is 4.79 Å². The molecular formula is C28H31N3O4S. The quantitative estimate of drug-likeness (QED) is 0.157. The maximum absolute atomic E-state index is 12.8. The standard InChI is InChI=1S/C28H31N3O4S/c1-4-6-7-8-15-35-25-14-9-20(17-26(25)33-3)16-22(18-29)27(32)31-28-30-24(19-36-28)21-10-12-23(13-11-21)34-5-2/h9-14,16-17,19H,4-8,15H2,1-3H3,(H,30,31,32)/b22-16+. The number of nitrogens with zero attached hydrogens (tertiary/aromatic N) is 2. The third-order valence-corrected chi connectivity index (χ3v) is 6.06. The van der Waals surface area contributed by atoms with Gasteiger partial charge < -0.3 is 14.2 Å². The van der Waals surface area contributed by atoms with Gasteiger partial charge in [-0.2, -0.15) is 5.26 Å². The zero-order valence-electron chi connectivity index (χ0n) is 20.9. The molecule has 0 fully saturated rings. The molecule has 0 aliphatic rings. The van der Waals surface area contributed by atoms with E-state index in [0.717, 1.165) is 29.8 Å². The van der Waals surface area contributed by atoms with Gasteiger partial charge in [0.15, 0.2) is 16.6 Å². The number of rotatable bonds is 13. The van der Waals surface area contributed by atoms with Crippen molar-refractivity contribution in [2.45, 2.75) is 39.5 Å². The van der Waals surface area contributed by atoms with Gasteiger partial charge >= 0.3 is 0 Å². The maximum atomic E-state index is 12.8. The van der Waals surface area contributed by atoms with E-state index in [1.54, 1.807) is 25.3 Å². The molecule has 0 unspecified atom stereocenters. The van der Waals surface area contributed by atoms with E-state index in [1.807, 2.05) is 42.6 Å². The molecule has 0 radical (unpaired) electrons. The number of aromatic nitrogens is 1. The van der Waals surface area contributed by atoms with Crippen molar-refractivity contribution in [2.24, 2.45) is 0 Å². The molecule has 0 atom stereocenters. The average molecular weight is 506 g/mol. The fraction of sp³-hybridized carbons (Fsp3) is 0.321. The predicted octanol–water partition coefficient (Wildman–Crippen LogP) is 6.72. The van der Waals surface area contributed by atoms with Crippen LogP contribution in [-0.4, -0.2) is 31.2 Å². The molecule has 0 saturated carbocycles. The molecule has 8 heteroatoms. The molecule has 36 heavy (non-hydrogen) atoms. The smallest absolute Gasteiger partial charge is 0.268 e. The van der Waals surface area contributed by atoms with Crippen molar-refractivity contribution in [1.29, 1.82) is 5.26 Å². The van der Waals surface area contributed by atoms with E-state index in [2.05, 4.69) is 17.2 Å². The second-order valence-electron chi connectivity index (χ2n) is 7.94. The molecular weight excluding hydrogens is 474 g/mol. The van der Waals surface area contributed by atoms with Crippen LogP contribution in [0.15, 0.2) is 53.4 Å². The number of ether oxygens (including phenoxy) is 3. The van der Waals surface area contributed by atoms with Crippen LogP contribution in [0, 0.1) is 11.3 Å². The Hall–Kier alpha value is -3.83. The van der Waals surface area contributed by atoms with Crippen molar-refractivity contribution in [2.75, 3.05) is 25.6 Å². The number of carbonyl (C=O) groups is 1. The van der Waals surface area contributed by atoms with E-state index >= 15 is 0 Å². The Labute approximate surface area is 216 Å². The largest absolute Gasteiger partial charge is 0.494 e. The summed E-state index contributed by atoms with van der Waals surface area (Å²) < 4.78 is 16.8. The molecule has 1 N–H and O–H groups in total. The lowest BCUT2D eigenvalue weighted by Gasteiger charge is -2.11. The molecule has 0 aliphatic carbocycles. The Balaban J connectivity index is 1.66. The lowest BCUT2D eigenvalue weighted by Crippen LogP contribution is -2.13. The number of hydrogen-bond donors (Lipinski definition) is 1. The number of anilines is 1. The summed E-state index contributed by atoms with van der Waals surface area (Å²) in [7, 11) is 1.56. The van der Waals surface area contributed by atoms with E-state index < -0.39 is 5.91 Å². The van der Waals surface area contributed by atoms with Crippen molar-refractivity contribution < 1.29 is 19.0 Å². The van der Waals surface area contributed by atoms with Gasteiger partial charge in [-0.3, -0.25) is 10.1 Å². The minimum atomic E-state index is -0.527. The number of amides is 1. The van der Waals surface area contributed by atoms with Gasteiger partial charge in [0.1, 0.15) is 17.4 Å². The van der Waals surface area contributed by atoms with Gasteiger partial charge in [-0.25, -0.2) is 4.98 Å². The minimum Gasteiger partial charge on any atom is -0.494 e. The van der Waals surface area contributed by atoms with E-state index in [1.165, 1.54) is 30.3 Å². The van der Waals surface area contributed by atoms with Crippen molar-refractivity contribution in [3.63, 3.8) is 0 Å². The van der Waals surface area contributed by atoms with Crippen molar-refractivity contribution >= 4 is 28.5 Å². The van der Waals surface area contributed by atoms with Crippen LogP contribution >= 0.6 is 11.3 Å². The van der Waals surface area contributed by atoms with Crippen LogP contribution in [0.3, 0.4) is 0 Å². The Morgan fingerprint density at radius 2 is 1.89 bits per heavy atom. The fourth-order valence-corrected chi connectivity index (χ4v) is 4.15. The first-order chi connectivity index (χ1) is 17.6. The second kappa shape index (κ2) is 13.9. The lowest BCUT2D eigenvalue weighted by atomic mass is 10.1. The number of nitrogens with one attached hydrogen (secondary N) is 1. The first kappa shape index (κ1) is 26.8. The van der Waals surface area contributed by atoms with Gasteiger partial charge in [0.2, 0.25) is 0 Å². The van der Waals surface area contributed by atoms with Gasteiger partial charge in [-0.15, -0.1) is 11.3 Å². The molecule has 1 amide bonds. The molecule has 188 valence electrons. The maximum Gasteiger partial charge on any atom is 0.268 e. The molecule has 1 aromatic heterocycles. The monoisotopic (exact) mass is 505 g/mol.